The molecule has 0 fully saturated rings. The highest BCUT2D eigenvalue weighted by atomic mass is 35.5. The second-order valence-corrected chi connectivity index (χ2v) is 7.91. The molecule has 0 saturated carbocycles. The number of nitro groups is 1. The fourth-order valence-corrected chi connectivity index (χ4v) is 3.14. The van der Waals surface area contributed by atoms with Gasteiger partial charge in [0.15, 0.2) is 0 Å². The zero-order valence-electron chi connectivity index (χ0n) is 17.2. The molecule has 9 nitrogen and oxygen atoms in total. The fraction of sp³-hybridized carbons (Fsp3) is 0.286. The third-order valence-corrected chi connectivity index (χ3v) is 4.83. The molecule has 162 valence electrons. The van der Waals surface area contributed by atoms with Crippen LogP contribution < -0.4 is 10.1 Å². The number of rotatable bonds is 8. The maximum Gasteiger partial charge on any atom is 0.319 e. The highest BCUT2D eigenvalue weighted by molar-refractivity contribution is 6.33. The number of aromatic nitrogens is 2. The zero-order chi connectivity index (χ0) is 22.6. The van der Waals surface area contributed by atoms with Gasteiger partial charge >= 0.3 is 5.97 Å². The summed E-state index contributed by atoms with van der Waals surface area (Å²) in [5.74, 6) is 0.433. The molecule has 1 aromatic heterocycles. The van der Waals surface area contributed by atoms with Crippen LogP contribution in [0.3, 0.4) is 0 Å². The van der Waals surface area contributed by atoms with Gasteiger partial charge in [0.1, 0.15) is 22.9 Å². The first-order valence-electron chi connectivity index (χ1n) is 9.34. The molecule has 0 saturated heterocycles. The van der Waals surface area contributed by atoms with Gasteiger partial charge in [0.2, 0.25) is 0 Å². The predicted molar refractivity (Wildman–Crippen MR) is 116 cm³/mol. The summed E-state index contributed by atoms with van der Waals surface area (Å²) in [7, 11) is 1.53. The number of ether oxygens (including phenoxy) is 2. The lowest BCUT2D eigenvalue weighted by atomic mass is 9.95. The average molecular weight is 445 g/mol. The number of anilines is 1. The number of benzene rings is 2. The van der Waals surface area contributed by atoms with E-state index in [1.165, 1.54) is 25.6 Å². The highest BCUT2D eigenvalue weighted by Gasteiger charge is 2.30. The van der Waals surface area contributed by atoms with E-state index in [4.69, 9.17) is 21.1 Å². The molecule has 1 heterocycles. The summed E-state index contributed by atoms with van der Waals surface area (Å²) in [6.45, 7) is 4.07. The van der Waals surface area contributed by atoms with Gasteiger partial charge in [-0.3, -0.25) is 14.9 Å². The van der Waals surface area contributed by atoms with E-state index in [1.54, 1.807) is 32.0 Å². The van der Waals surface area contributed by atoms with Gasteiger partial charge in [-0.05, 0) is 37.6 Å². The summed E-state index contributed by atoms with van der Waals surface area (Å²) in [5, 5.41) is 14.8. The van der Waals surface area contributed by atoms with E-state index in [-0.39, 0.29) is 17.3 Å². The Kier molecular flexibility index (Phi) is 6.67. The first-order chi connectivity index (χ1) is 14.7. The van der Waals surface area contributed by atoms with Crippen molar-refractivity contribution in [2.45, 2.75) is 20.4 Å². The van der Waals surface area contributed by atoms with Crippen LogP contribution in [0.5, 0.6) is 5.75 Å². The molecule has 0 spiro atoms. The average Bonchev–Trinajstić information content (AvgIpc) is 2.71. The second kappa shape index (κ2) is 9.23. The molecule has 10 heteroatoms. The van der Waals surface area contributed by atoms with Crippen molar-refractivity contribution in [2.75, 3.05) is 19.0 Å². The molecule has 0 aliphatic rings. The number of nitro benzene ring substituents is 1. The number of nitrogens with zero attached hydrogens (tertiary/aromatic N) is 3. The Bertz CT molecular complexity index is 1140. The summed E-state index contributed by atoms with van der Waals surface area (Å²) >= 11 is 5.96. The smallest absolute Gasteiger partial charge is 0.319 e. The van der Waals surface area contributed by atoms with Crippen LogP contribution in [0, 0.1) is 15.5 Å². The van der Waals surface area contributed by atoms with Gasteiger partial charge in [-0.2, -0.15) is 0 Å². The molecule has 0 bridgehead atoms. The van der Waals surface area contributed by atoms with E-state index in [0.717, 1.165) is 5.56 Å². The van der Waals surface area contributed by atoms with Crippen molar-refractivity contribution in [2.24, 2.45) is 5.41 Å². The van der Waals surface area contributed by atoms with E-state index in [9.17, 15) is 14.9 Å². The molecular weight excluding hydrogens is 424 g/mol. The van der Waals surface area contributed by atoms with Crippen LogP contribution in [-0.4, -0.2) is 34.6 Å². The standard InChI is InChI=1S/C21H21ClN4O5/c1-21(2,11-30-3)20(27)31-14-6-4-5-13(7-14)10-23-19-15-8-18(26(28)29)16(22)9-17(15)24-12-25-19/h4-9,12H,10-11H2,1-3H3,(H,23,24,25). The molecule has 2 aromatic carbocycles. The normalized spacial score (nSPS) is 11.4. The van der Waals surface area contributed by atoms with E-state index in [0.29, 0.717) is 29.0 Å². The maximum atomic E-state index is 12.4. The van der Waals surface area contributed by atoms with Gasteiger partial charge in [0, 0.05) is 25.1 Å². The van der Waals surface area contributed by atoms with Crippen molar-refractivity contribution in [1.29, 1.82) is 0 Å². The van der Waals surface area contributed by atoms with Gasteiger partial charge in [0.25, 0.3) is 5.69 Å². The Hall–Kier alpha value is -3.30. The number of esters is 1. The number of halogens is 1. The monoisotopic (exact) mass is 444 g/mol. The molecule has 3 aromatic rings. The lowest BCUT2D eigenvalue weighted by Crippen LogP contribution is -2.33. The summed E-state index contributed by atoms with van der Waals surface area (Å²) in [5.41, 5.74) is 0.305. The van der Waals surface area contributed by atoms with E-state index >= 15 is 0 Å². The minimum atomic E-state index is -0.779. The summed E-state index contributed by atoms with van der Waals surface area (Å²) < 4.78 is 10.6. The first kappa shape index (κ1) is 22.4. The van der Waals surface area contributed by atoms with Crippen molar-refractivity contribution in [1.82, 2.24) is 9.97 Å². The van der Waals surface area contributed by atoms with Crippen LogP contribution in [0.25, 0.3) is 10.9 Å². The quantitative estimate of drug-likeness (QED) is 0.235. The number of hydrogen-bond acceptors (Lipinski definition) is 8. The number of carbonyl (C=O) groups is 1. The largest absolute Gasteiger partial charge is 0.426 e. The number of hydrogen-bond donors (Lipinski definition) is 1. The van der Waals surface area contributed by atoms with Gasteiger partial charge in [-0.15, -0.1) is 0 Å². The topological polar surface area (TPSA) is 116 Å². The predicted octanol–water partition coefficient (Wildman–Crippen LogP) is 4.38. The van der Waals surface area contributed by atoms with Crippen LogP contribution in [0.15, 0.2) is 42.7 Å². The summed E-state index contributed by atoms with van der Waals surface area (Å²) in [6.07, 6.45) is 1.35. The SMILES string of the molecule is COCC(C)(C)C(=O)Oc1cccc(CNc2ncnc3cc(Cl)c([N+](=O)[O-])cc23)c1. The van der Waals surface area contributed by atoms with Crippen LogP contribution in [-0.2, 0) is 16.1 Å². The minimum Gasteiger partial charge on any atom is -0.426 e. The molecule has 0 radical (unpaired) electrons. The lowest BCUT2D eigenvalue weighted by molar-refractivity contribution is -0.384. The molecule has 0 aliphatic carbocycles. The van der Waals surface area contributed by atoms with E-state index in [1.807, 2.05) is 6.07 Å². The lowest BCUT2D eigenvalue weighted by Gasteiger charge is -2.21. The molecular formula is C21H21ClN4O5. The fourth-order valence-electron chi connectivity index (χ4n) is 2.92. The first-order valence-corrected chi connectivity index (χ1v) is 9.72. The Morgan fingerprint density at radius 3 is 2.74 bits per heavy atom. The molecule has 0 atom stereocenters. The molecule has 0 unspecified atom stereocenters. The van der Waals surface area contributed by atoms with Gasteiger partial charge < -0.3 is 14.8 Å². The van der Waals surface area contributed by atoms with E-state index in [2.05, 4.69) is 15.3 Å². The van der Waals surface area contributed by atoms with Crippen LogP contribution in [0.4, 0.5) is 11.5 Å². The number of carbonyl (C=O) groups excluding carboxylic acids is 1. The second-order valence-electron chi connectivity index (χ2n) is 7.51. The minimum absolute atomic E-state index is 0.00747. The molecule has 1 N–H and O–H groups in total. The van der Waals surface area contributed by atoms with Crippen molar-refractivity contribution >= 4 is 40.0 Å². The molecule has 0 amide bonds. The Labute approximate surface area is 183 Å². The Balaban J connectivity index is 1.78. The third kappa shape index (κ3) is 5.25. The Morgan fingerprint density at radius 1 is 1.26 bits per heavy atom. The number of nitrogens with one attached hydrogen (secondary N) is 1. The van der Waals surface area contributed by atoms with Gasteiger partial charge in [-0.25, -0.2) is 9.97 Å². The zero-order valence-corrected chi connectivity index (χ0v) is 18.0. The van der Waals surface area contributed by atoms with Crippen molar-refractivity contribution in [3.05, 3.63) is 63.4 Å². The third-order valence-electron chi connectivity index (χ3n) is 4.53. The van der Waals surface area contributed by atoms with Crippen molar-refractivity contribution in [3.63, 3.8) is 0 Å². The number of fused-ring (bicyclic) bond motifs is 1. The molecule has 3 rings (SSSR count). The number of methoxy groups -OCH3 is 1. The summed E-state index contributed by atoms with van der Waals surface area (Å²) in [4.78, 5) is 31.3. The summed E-state index contributed by atoms with van der Waals surface area (Å²) in [6, 6.07) is 9.82. The van der Waals surface area contributed by atoms with Gasteiger partial charge in [-0.1, -0.05) is 23.7 Å². The van der Waals surface area contributed by atoms with Crippen LogP contribution in [0.2, 0.25) is 5.02 Å². The van der Waals surface area contributed by atoms with Crippen LogP contribution >= 0.6 is 11.6 Å². The molecule has 31 heavy (non-hydrogen) atoms. The van der Waals surface area contributed by atoms with Crippen molar-refractivity contribution in [3.8, 4) is 5.75 Å². The maximum absolute atomic E-state index is 12.4. The van der Waals surface area contributed by atoms with Crippen molar-refractivity contribution < 1.29 is 19.2 Å². The van der Waals surface area contributed by atoms with E-state index < -0.39 is 16.3 Å². The Morgan fingerprint density at radius 2 is 2.03 bits per heavy atom. The highest BCUT2D eigenvalue weighted by Crippen LogP contribution is 2.31. The van der Waals surface area contributed by atoms with Crippen LogP contribution in [0.1, 0.15) is 19.4 Å². The molecule has 0 aliphatic heterocycles. The van der Waals surface area contributed by atoms with Gasteiger partial charge in [0.05, 0.1) is 22.5 Å².